The molecule has 1 aromatic rings. The number of hydrogen-bond donors (Lipinski definition) is 0. The van der Waals surface area contributed by atoms with Crippen LogP contribution in [-0.2, 0) is 5.88 Å². The van der Waals surface area contributed by atoms with Gasteiger partial charge in [-0.15, -0.1) is 11.6 Å². The van der Waals surface area contributed by atoms with Gasteiger partial charge in [-0.3, -0.25) is 4.98 Å². The number of ether oxygens (including phenoxy) is 1. The molecule has 1 aliphatic carbocycles. The van der Waals surface area contributed by atoms with E-state index in [4.69, 9.17) is 16.3 Å². The van der Waals surface area contributed by atoms with Crippen LogP contribution in [0, 0.1) is 24.7 Å². The summed E-state index contributed by atoms with van der Waals surface area (Å²) in [7, 11) is 0. The molecule has 1 aromatic heterocycles. The topological polar surface area (TPSA) is 22.1 Å². The minimum absolute atomic E-state index is 0.308. The Balaban J connectivity index is 2.19. The zero-order valence-corrected chi connectivity index (χ0v) is 13.8. The number of hydrogen-bond acceptors (Lipinski definition) is 2. The molecule has 1 heterocycles. The van der Waals surface area contributed by atoms with Gasteiger partial charge in [-0.05, 0) is 37.5 Å². The Morgan fingerprint density at radius 2 is 2.15 bits per heavy atom. The van der Waals surface area contributed by atoms with Gasteiger partial charge in [-0.2, -0.15) is 0 Å². The summed E-state index contributed by atoms with van der Waals surface area (Å²) >= 11 is 6.01. The average Bonchev–Trinajstić information content (AvgIpc) is 2.38. The quantitative estimate of drug-likeness (QED) is 0.732. The van der Waals surface area contributed by atoms with Gasteiger partial charge in [0, 0.05) is 23.5 Å². The summed E-state index contributed by atoms with van der Waals surface area (Å²) in [6.45, 7) is 8.93. The van der Waals surface area contributed by atoms with Crippen LogP contribution in [0.5, 0.6) is 5.75 Å². The van der Waals surface area contributed by atoms with Gasteiger partial charge in [0.2, 0.25) is 0 Å². The normalized spacial score (nSPS) is 26.8. The van der Waals surface area contributed by atoms with Gasteiger partial charge >= 0.3 is 0 Å². The average molecular weight is 296 g/mol. The van der Waals surface area contributed by atoms with Crippen molar-refractivity contribution in [2.75, 3.05) is 0 Å². The van der Waals surface area contributed by atoms with E-state index in [-0.39, 0.29) is 0 Å². The molecule has 3 heteroatoms. The van der Waals surface area contributed by atoms with E-state index in [0.717, 1.165) is 29.3 Å². The second-order valence-electron chi connectivity index (χ2n) is 6.55. The Kier molecular flexibility index (Phi) is 5.31. The summed E-state index contributed by atoms with van der Waals surface area (Å²) in [5, 5.41) is 0. The lowest BCUT2D eigenvalue weighted by molar-refractivity contribution is 0.0453. The zero-order valence-electron chi connectivity index (χ0n) is 13.0. The predicted octanol–water partition coefficient (Wildman–Crippen LogP) is 4.97. The number of nitrogens with zero attached hydrogens (tertiary/aromatic N) is 1. The van der Waals surface area contributed by atoms with Crippen LogP contribution in [0.1, 0.15) is 51.3 Å². The molecule has 0 radical (unpaired) electrons. The molecule has 0 bridgehead atoms. The van der Waals surface area contributed by atoms with Gasteiger partial charge < -0.3 is 4.74 Å². The van der Waals surface area contributed by atoms with Crippen LogP contribution in [0.4, 0.5) is 0 Å². The summed E-state index contributed by atoms with van der Waals surface area (Å²) in [4.78, 5) is 4.31. The second-order valence-corrected chi connectivity index (χ2v) is 6.82. The summed E-state index contributed by atoms with van der Waals surface area (Å²) in [6, 6.07) is 2.02. The molecule has 20 heavy (non-hydrogen) atoms. The van der Waals surface area contributed by atoms with Gasteiger partial charge in [0.25, 0.3) is 0 Å². The van der Waals surface area contributed by atoms with E-state index in [2.05, 4.69) is 25.8 Å². The Bertz CT molecular complexity index is 447. The van der Waals surface area contributed by atoms with E-state index in [0.29, 0.717) is 23.8 Å². The number of halogens is 1. The SMILES string of the molecule is Cc1cc(OC2CC(C)CCC2C(C)C)c(CCl)cn1. The molecular formula is C17H26ClNO. The van der Waals surface area contributed by atoms with Crippen molar-refractivity contribution in [2.45, 2.75) is 58.9 Å². The van der Waals surface area contributed by atoms with Gasteiger partial charge in [0.05, 0.1) is 5.88 Å². The van der Waals surface area contributed by atoms with Crippen molar-refractivity contribution in [3.63, 3.8) is 0 Å². The highest BCUT2D eigenvalue weighted by atomic mass is 35.5. The van der Waals surface area contributed by atoms with E-state index >= 15 is 0 Å². The molecule has 0 aromatic carbocycles. The van der Waals surface area contributed by atoms with Crippen LogP contribution in [0.3, 0.4) is 0 Å². The van der Waals surface area contributed by atoms with Crippen LogP contribution >= 0.6 is 11.6 Å². The van der Waals surface area contributed by atoms with Crippen molar-refractivity contribution in [3.8, 4) is 5.75 Å². The monoisotopic (exact) mass is 295 g/mol. The molecule has 2 rings (SSSR count). The van der Waals surface area contributed by atoms with Gasteiger partial charge in [0.1, 0.15) is 11.9 Å². The van der Waals surface area contributed by atoms with Gasteiger partial charge in [-0.1, -0.05) is 27.2 Å². The fraction of sp³-hybridized carbons (Fsp3) is 0.706. The van der Waals surface area contributed by atoms with E-state index in [1.807, 2.05) is 19.2 Å². The zero-order chi connectivity index (χ0) is 14.7. The summed E-state index contributed by atoms with van der Waals surface area (Å²) in [6.07, 6.45) is 5.88. The number of pyridine rings is 1. The van der Waals surface area contributed by atoms with Crippen molar-refractivity contribution >= 4 is 11.6 Å². The number of alkyl halides is 1. The summed E-state index contributed by atoms with van der Waals surface area (Å²) < 4.78 is 6.38. The minimum Gasteiger partial charge on any atom is -0.490 e. The largest absolute Gasteiger partial charge is 0.490 e. The third-order valence-electron chi connectivity index (χ3n) is 4.46. The first-order chi connectivity index (χ1) is 9.51. The van der Waals surface area contributed by atoms with Crippen LogP contribution in [-0.4, -0.2) is 11.1 Å². The lowest BCUT2D eigenvalue weighted by Gasteiger charge is -2.37. The van der Waals surface area contributed by atoms with Gasteiger partial charge in [0.15, 0.2) is 0 Å². The maximum atomic E-state index is 6.38. The number of rotatable bonds is 4. The van der Waals surface area contributed by atoms with E-state index < -0.39 is 0 Å². The summed E-state index contributed by atoms with van der Waals surface area (Å²) in [5.74, 6) is 3.43. The molecule has 3 unspecified atom stereocenters. The molecule has 3 atom stereocenters. The fourth-order valence-corrected chi connectivity index (χ4v) is 3.39. The Morgan fingerprint density at radius 1 is 1.40 bits per heavy atom. The highest BCUT2D eigenvalue weighted by molar-refractivity contribution is 6.17. The van der Waals surface area contributed by atoms with Crippen LogP contribution in [0.15, 0.2) is 12.3 Å². The van der Waals surface area contributed by atoms with Crippen molar-refractivity contribution < 1.29 is 4.74 Å². The standard InChI is InChI=1S/C17H26ClNO/c1-11(2)15-6-5-12(3)7-17(15)20-16-8-13(4)19-10-14(16)9-18/h8,10-12,15,17H,5-7,9H2,1-4H3. The Labute approximate surface area is 127 Å². The maximum absolute atomic E-state index is 6.38. The predicted molar refractivity (Wildman–Crippen MR) is 84.3 cm³/mol. The first-order valence-corrected chi connectivity index (χ1v) is 8.22. The maximum Gasteiger partial charge on any atom is 0.127 e. The van der Waals surface area contributed by atoms with Crippen molar-refractivity contribution in [3.05, 3.63) is 23.5 Å². The third kappa shape index (κ3) is 3.66. The first-order valence-electron chi connectivity index (χ1n) is 7.69. The lowest BCUT2D eigenvalue weighted by Crippen LogP contribution is -2.36. The molecule has 1 fully saturated rings. The van der Waals surface area contributed by atoms with Gasteiger partial charge in [-0.25, -0.2) is 0 Å². The molecule has 2 nitrogen and oxygen atoms in total. The highest BCUT2D eigenvalue weighted by Gasteiger charge is 2.32. The van der Waals surface area contributed by atoms with Crippen LogP contribution < -0.4 is 4.74 Å². The molecule has 0 spiro atoms. The van der Waals surface area contributed by atoms with Crippen molar-refractivity contribution in [2.24, 2.45) is 17.8 Å². The highest BCUT2D eigenvalue weighted by Crippen LogP contribution is 2.36. The van der Waals surface area contributed by atoms with E-state index in [9.17, 15) is 0 Å². The molecule has 0 N–H and O–H groups in total. The molecule has 0 saturated heterocycles. The molecule has 0 amide bonds. The molecule has 1 saturated carbocycles. The molecular weight excluding hydrogens is 270 g/mol. The van der Waals surface area contributed by atoms with E-state index in [1.54, 1.807) is 0 Å². The number of aryl methyl sites for hydroxylation is 1. The summed E-state index contributed by atoms with van der Waals surface area (Å²) in [5.41, 5.74) is 1.98. The van der Waals surface area contributed by atoms with Crippen LogP contribution in [0.2, 0.25) is 0 Å². The smallest absolute Gasteiger partial charge is 0.127 e. The molecule has 1 aliphatic rings. The Morgan fingerprint density at radius 3 is 2.80 bits per heavy atom. The number of aromatic nitrogens is 1. The third-order valence-corrected chi connectivity index (χ3v) is 4.75. The molecule has 0 aliphatic heterocycles. The van der Waals surface area contributed by atoms with E-state index in [1.165, 1.54) is 12.8 Å². The first kappa shape index (κ1) is 15.6. The second kappa shape index (κ2) is 6.80. The van der Waals surface area contributed by atoms with Crippen LogP contribution in [0.25, 0.3) is 0 Å². The Hall–Kier alpha value is -0.760. The lowest BCUT2D eigenvalue weighted by atomic mass is 9.75. The fourth-order valence-electron chi connectivity index (χ4n) is 3.19. The molecule has 112 valence electrons. The van der Waals surface area contributed by atoms with Crippen molar-refractivity contribution in [1.82, 2.24) is 4.98 Å². The van der Waals surface area contributed by atoms with Crippen molar-refractivity contribution in [1.29, 1.82) is 0 Å². The minimum atomic E-state index is 0.308.